The molecule has 2 N–H and O–H groups in total. The molecule has 0 fully saturated rings. The van der Waals surface area contributed by atoms with Crippen molar-refractivity contribution in [1.29, 1.82) is 0 Å². The largest absolute Gasteiger partial charge is 0.486 e. The molecule has 0 saturated heterocycles. The zero-order valence-corrected chi connectivity index (χ0v) is 11.7. The maximum Gasteiger partial charge on any atom is 0.161 e. The molecule has 3 rings (SSSR count). The van der Waals surface area contributed by atoms with E-state index >= 15 is 0 Å². The smallest absolute Gasteiger partial charge is 0.161 e. The molecular formula is C14H16N2O3S. The number of hydrogen-bond donors (Lipinski definition) is 2. The van der Waals surface area contributed by atoms with Crippen molar-refractivity contribution in [3.63, 3.8) is 0 Å². The van der Waals surface area contributed by atoms with Gasteiger partial charge < -0.3 is 19.9 Å². The summed E-state index contributed by atoms with van der Waals surface area (Å²) in [6.07, 6.45) is 1.26. The molecule has 0 amide bonds. The number of ether oxygens (including phenoxy) is 2. The van der Waals surface area contributed by atoms with E-state index in [9.17, 15) is 5.11 Å². The van der Waals surface area contributed by atoms with Crippen LogP contribution in [0.2, 0.25) is 0 Å². The molecule has 6 heteroatoms. The van der Waals surface area contributed by atoms with Gasteiger partial charge in [0.1, 0.15) is 13.2 Å². The number of aliphatic hydroxyl groups is 1. The molecule has 0 aliphatic carbocycles. The summed E-state index contributed by atoms with van der Waals surface area (Å²) in [5.74, 6) is 1.44. The van der Waals surface area contributed by atoms with Crippen molar-refractivity contribution >= 4 is 11.3 Å². The van der Waals surface area contributed by atoms with Crippen molar-refractivity contribution in [2.24, 2.45) is 0 Å². The van der Waals surface area contributed by atoms with Crippen LogP contribution in [0.4, 0.5) is 0 Å². The number of nitrogens with one attached hydrogen (secondary N) is 1. The fraction of sp³-hybridized carbons (Fsp3) is 0.357. The van der Waals surface area contributed by atoms with Gasteiger partial charge in [0.15, 0.2) is 11.5 Å². The van der Waals surface area contributed by atoms with Crippen molar-refractivity contribution in [3.8, 4) is 11.5 Å². The highest BCUT2D eigenvalue weighted by atomic mass is 32.1. The summed E-state index contributed by atoms with van der Waals surface area (Å²) in [6, 6.07) is 5.55. The zero-order chi connectivity index (χ0) is 13.8. The second kappa shape index (κ2) is 6.21. The first kappa shape index (κ1) is 13.4. The second-order valence-corrected chi connectivity index (χ2v) is 5.49. The summed E-state index contributed by atoms with van der Waals surface area (Å²) in [6.45, 7) is 2.32. The lowest BCUT2D eigenvalue weighted by molar-refractivity contribution is 0.163. The molecule has 20 heavy (non-hydrogen) atoms. The van der Waals surface area contributed by atoms with Crippen LogP contribution in [0.5, 0.6) is 11.5 Å². The molecule has 1 aliphatic heterocycles. The molecule has 1 aromatic heterocycles. The van der Waals surface area contributed by atoms with Crippen molar-refractivity contribution < 1.29 is 14.6 Å². The van der Waals surface area contributed by atoms with Crippen LogP contribution in [0, 0.1) is 0 Å². The molecular weight excluding hydrogens is 276 g/mol. The first-order valence-corrected chi connectivity index (χ1v) is 7.36. The van der Waals surface area contributed by atoms with Crippen molar-refractivity contribution in [1.82, 2.24) is 10.3 Å². The van der Waals surface area contributed by atoms with E-state index in [1.807, 2.05) is 24.4 Å². The first-order chi connectivity index (χ1) is 9.83. The van der Waals surface area contributed by atoms with Crippen LogP contribution >= 0.6 is 11.3 Å². The van der Waals surface area contributed by atoms with E-state index in [0.29, 0.717) is 32.1 Å². The van der Waals surface area contributed by atoms with E-state index in [2.05, 4.69) is 10.3 Å². The molecule has 2 aromatic rings. The SMILES string of the molecule is OC(CNCc1cncs1)c1ccc2c(c1)OCCO2. The lowest BCUT2D eigenvalue weighted by atomic mass is 10.1. The molecule has 0 spiro atoms. The maximum absolute atomic E-state index is 10.2. The Morgan fingerprint density at radius 1 is 1.30 bits per heavy atom. The van der Waals surface area contributed by atoms with Gasteiger partial charge in [-0.15, -0.1) is 11.3 Å². The molecule has 1 aliphatic rings. The van der Waals surface area contributed by atoms with E-state index in [0.717, 1.165) is 16.2 Å². The number of hydrogen-bond acceptors (Lipinski definition) is 6. The average molecular weight is 292 g/mol. The Morgan fingerprint density at radius 2 is 2.15 bits per heavy atom. The van der Waals surface area contributed by atoms with Gasteiger partial charge in [0.05, 0.1) is 11.6 Å². The molecule has 0 saturated carbocycles. The fourth-order valence-electron chi connectivity index (χ4n) is 2.05. The lowest BCUT2D eigenvalue weighted by Gasteiger charge is -2.20. The summed E-state index contributed by atoms with van der Waals surface area (Å²) in [5.41, 5.74) is 2.62. The van der Waals surface area contributed by atoms with E-state index in [1.54, 1.807) is 16.8 Å². The second-order valence-electron chi connectivity index (χ2n) is 4.52. The van der Waals surface area contributed by atoms with Gasteiger partial charge in [-0.25, -0.2) is 0 Å². The summed E-state index contributed by atoms with van der Waals surface area (Å²) in [7, 11) is 0. The number of rotatable bonds is 5. The van der Waals surface area contributed by atoms with Gasteiger partial charge in [0.2, 0.25) is 0 Å². The van der Waals surface area contributed by atoms with Crippen molar-refractivity contribution in [2.75, 3.05) is 19.8 Å². The van der Waals surface area contributed by atoms with Gasteiger partial charge in [0, 0.05) is 24.2 Å². The number of aromatic nitrogens is 1. The van der Waals surface area contributed by atoms with Crippen LogP contribution in [0.25, 0.3) is 0 Å². The Balaban J connectivity index is 1.57. The van der Waals surface area contributed by atoms with E-state index in [-0.39, 0.29) is 0 Å². The van der Waals surface area contributed by atoms with Crippen molar-refractivity contribution in [3.05, 3.63) is 40.3 Å². The van der Waals surface area contributed by atoms with Gasteiger partial charge >= 0.3 is 0 Å². The van der Waals surface area contributed by atoms with Gasteiger partial charge in [-0.1, -0.05) is 6.07 Å². The monoisotopic (exact) mass is 292 g/mol. The van der Waals surface area contributed by atoms with Gasteiger partial charge in [0.25, 0.3) is 0 Å². The van der Waals surface area contributed by atoms with Crippen LogP contribution < -0.4 is 14.8 Å². The highest BCUT2D eigenvalue weighted by Gasteiger charge is 2.15. The van der Waals surface area contributed by atoms with E-state index < -0.39 is 6.10 Å². The number of thiazole rings is 1. The molecule has 106 valence electrons. The van der Waals surface area contributed by atoms with E-state index in [4.69, 9.17) is 9.47 Å². The summed E-state index contributed by atoms with van der Waals surface area (Å²) in [4.78, 5) is 5.16. The quantitative estimate of drug-likeness (QED) is 0.879. The number of fused-ring (bicyclic) bond motifs is 1. The lowest BCUT2D eigenvalue weighted by Crippen LogP contribution is -2.21. The molecule has 1 unspecified atom stereocenters. The summed E-state index contributed by atoms with van der Waals surface area (Å²) in [5, 5.41) is 13.4. The maximum atomic E-state index is 10.2. The minimum Gasteiger partial charge on any atom is -0.486 e. The third-order valence-electron chi connectivity index (χ3n) is 3.07. The standard InChI is InChI=1S/C14H16N2O3S/c17-12(8-15-6-11-7-16-9-20-11)10-1-2-13-14(5-10)19-4-3-18-13/h1-2,5,7,9,12,15,17H,3-4,6,8H2. The topological polar surface area (TPSA) is 63.6 Å². The normalized spacial score (nSPS) is 15.1. The third kappa shape index (κ3) is 3.09. The zero-order valence-electron chi connectivity index (χ0n) is 10.9. The first-order valence-electron chi connectivity index (χ1n) is 6.48. The minimum atomic E-state index is -0.571. The number of benzene rings is 1. The summed E-state index contributed by atoms with van der Waals surface area (Å²) >= 11 is 1.60. The van der Waals surface area contributed by atoms with Gasteiger partial charge in [-0.05, 0) is 17.7 Å². The Kier molecular flexibility index (Phi) is 4.15. The minimum absolute atomic E-state index is 0.484. The Morgan fingerprint density at radius 3 is 2.95 bits per heavy atom. The predicted octanol–water partition coefficient (Wildman–Crippen LogP) is 1.74. The van der Waals surface area contributed by atoms with Crippen LogP contribution in [0.15, 0.2) is 29.9 Å². The third-order valence-corrected chi connectivity index (χ3v) is 3.85. The highest BCUT2D eigenvalue weighted by molar-refractivity contribution is 7.09. The fourth-order valence-corrected chi connectivity index (χ4v) is 2.61. The summed E-state index contributed by atoms with van der Waals surface area (Å²) < 4.78 is 11.0. The molecule has 5 nitrogen and oxygen atoms in total. The van der Waals surface area contributed by atoms with Crippen LogP contribution in [-0.2, 0) is 6.54 Å². The molecule has 0 radical (unpaired) electrons. The predicted molar refractivity (Wildman–Crippen MR) is 76.2 cm³/mol. The van der Waals surface area contributed by atoms with Crippen LogP contribution in [0.3, 0.4) is 0 Å². The van der Waals surface area contributed by atoms with Crippen LogP contribution in [0.1, 0.15) is 16.5 Å². The molecule has 1 aromatic carbocycles. The Labute approximate surface area is 121 Å². The molecule has 2 heterocycles. The van der Waals surface area contributed by atoms with E-state index in [1.165, 1.54) is 0 Å². The average Bonchev–Trinajstić information content (AvgIpc) is 3.00. The number of nitrogens with zero attached hydrogens (tertiary/aromatic N) is 1. The molecule has 0 bridgehead atoms. The Bertz CT molecular complexity index is 560. The number of aliphatic hydroxyl groups excluding tert-OH is 1. The Hall–Kier alpha value is -1.63. The van der Waals surface area contributed by atoms with Gasteiger partial charge in [-0.3, -0.25) is 4.98 Å². The van der Waals surface area contributed by atoms with Crippen molar-refractivity contribution in [2.45, 2.75) is 12.6 Å². The van der Waals surface area contributed by atoms with Gasteiger partial charge in [-0.2, -0.15) is 0 Å². The highest BCUT2D eigenvalue weighted by Crippen LogP contribution is 2.32. The van der Waals surface area contributed by atoms with Crippen LogP contribution in [-0.4, -0.2) is 29.8 Å². The molecule has 1 atom stereocenters.